The average molecular weight is 924 g/mol. The lowest BCUT2D eigenvalue weighted by molar-refractivity contribution is -0.384. The van der Waals surface area contributed by atoms with Crippen molar-refractivity contribution in [1.29, 1.82) is 0 Å². The second kappa shape index (κ2) is 22.5. The zero-order chi connectivity index (χ0) is 47.5. The Morgan fingerprint density at radius 2 is 1.59 bits per heavy atom. The monoisotopic (exact) mass is 923 g/mol. The van der Waals surface area contributed by atoms with Crippen molar-refractivity contribution in [3.8, 4) is 17.2 Å². The number of nitrogens with zero attached hydrogens (tertiary/aromatic N) is 3. The van der Waals surface area contributed by atoms with E-state index < -0.39 is 28.8 Å². The van der Waals surface area contributed by atoms with Gasteiger partial charge in [0.05, 0.1) is 23.2 Å². The van der Waals surface area contributed by atoms with Crippen LogP contribution in [0.25, 0.3) is 10.8 Å². The summed E-state index contributed by atoms with van der Waals surface area (Å²) in [7, 11) is 0. The number of nitro benzene ring substituents is 1. The number of aliphatic hydroxyl groups excluding tert-OH is 2. The van der Waals surface area contributed by atoms with Crippen molar-refractivity contribution in [2.45, 2.75) is 89.3 Å². The van der Waals surface area contributed by atoms with Crippen LogP contribution in [-0.4, -0.2) is 70.0 Å². The molecule has 0 aromatic heterocycles. The van der Waals surface area contributed by atoms with Crippen LogP contribution in [0.4, 0.5) is 10.5 Å². The number of oxime groups is 1. The van der Waals surface area contributed by atoms with Crippen LogP contribution in [0.2, 0.25) is 0 Å². The molecule has 5 aromatic rings. The molecule has 1 aliphatic heterocycles. The highest BCUT2D eigenvalue weighted by molar-refractivity contribution is 6.03. The number of nitro groups is 1. The van der Waals surface area contributed by atoms with Crippen molar-refractivity contribution in [2.24, 2.45) is 22.9 Å². The van der Waals surface area contributed by atoms with Gasteiger partial charge in [0.25, 0.3) is 5.69 Å². The van der Waals surface area contributed by atoms with Gasteiger partial charge in [0, 0.05) is 49.8 Å². The largest absolute Gasteiger partial charge is 0.459 e. The molecule has 8 rings (SSSR count). The summed E-state index contributed by atoms with van der Waals surface area (Å²) in [5.41, 5.74) is 3.95. The van der Waals surface area contributed by atoms with E-state index in [9.17, 15) is 25.1 Å². The normalized spacial score (nSPS) is 22.0. The van der Waals surface area contributed by atoms with Crippen LogP contribution in [0.1, 0.15) is 80.9 Å². The number of allylic oxidation sites excluding steroid dienone is 1. The first-order chi connectivity index (χ1) is 33.3. The van der Waals surface area contributed by atoms with Gasteiger partial charge in [-0.2, -0.15) is 0 Å². The van der Waals surface area contributed by atoms with Crippen LogP contribution < -0.4 is 9.47 Å². The number of amides is 1. The lowest BCUT2D eigenvalue weighted by Gasteiger charge is -2.59. The fourth-order valence-electron chi connectivity index (χ4n) is 10.4. The van der Waals surface area contributed by atoms with E-state index >= 15 is 0 Å². The zero-order valence-electron chi connectivity index (χ0n) is 38.6. The van der Waals surface area contributed by atoms with Crippen LogP contribution >= 0.6 is 0 Å². The summed E-state index contributed by atoms with van der Waals surface area (Å²) in [5, 5.41) is 38.5. The van der Waals surface area contributed by atoms with Crippen molar-refractivity contribution < 1.29 is 43.7 Å². The van der Waals surface area contributed by atoms with Crippen LogP contribution in [0.3, 0.4) is 0 Å². The summed E-state index contributed by atoms with van der Waals surface area (Å²) >= 11 is 0. The predicted molar refractivity (Wildman–Crippen MR) is 260 cm³/mol. The van der Waals surface area contributed by atoms with Gasteiger partial charge < -0.3 is 34.0 Å². The number of benzene rings is 5. The Kier molecular flexibility index (Phi) is 15.9. The summed E-state index contributed by atoms with van der Waals surface area (Å²) < 4.78 is 27.3. The number of carbonyl (C=O) groups excluding carboxylic acids is 1. The Balaban J connectivity index is 1.29. The molecular weight excluding hydrogens is 863 g/mol. The van der Waals surface area contributed by atoms with Crippen LogP contribution in [0.5, 0.6) is 17.2 Å². The Morgan fingerprint density at radius 1 is 0.882 bits per heavy atom. The topological polar surface area (TPSA) is 162 Å². The maximum absolute atomic E-state index is 14.7. The molecule has 1 heterocycles. The van der Waals surface area contributed by atoms with E-state index in [1.807, 2.05) is 79.7 Å². The van der Waals surface area contributed by atoms with E-state index in [1.54, 1.807) is 23.1 Å². The third-order valence-corrected chi connectivity index (χ3v) is 13.4. The summed E-state index contributed by atoms with van der Waals surface area (Å²) in [6, 6.07) is 35.1. The van der Waals surface area contributed by atoms with Crippen LogP contribution in [0, 0.1) is 27.9 Å². The van der Waals surface area contributed by atoms with Crippen molar-refractivity contribution >= 4 is 28.3 Å². The van der Waals surface area contributed by atoms with E-state index in [0.29, 0.717) is 54.3 Å². The quantitative estimate of drug-likeness (QED) is 0.0296. The maximum Gasteiger partial charge on any atom is 0.410 e. The Bertz CT molecular complexity index is 2580. The highest BCUT2D eigenvalue weighted by Gasteiger charge is 2.65. The fourth-order valence-corrected chi connectivity index (χ4v) is 10.4. The molecule has 0 spiro atoms. The van der Waals surface area contributed by atoms with E-state index in [1.165, 1.54) is 12.1 Å². The molecule has 3 aliphatic rings. The molecule has 2 N–H and O–H groups in total. The molecule has 13 nitrogen and oxygen atoms in total. The predicted octanol–water partition coefficient (Wildman–Crippen LogP) is 11.4. The molecule has 2 aliphatic carbocycles. The number of unbranched alkanes of at least 4 members (excludes halogenated alkanes) is 2. The lowest BCUT2D eigenvalue weighted by atomic mass is 9.55. The molecule has 0 saturated heterocycles. The number of hydrogen-bond donors (Lipinski definition) is 2. The second-order valence-corrected chi connectivity index (χ2v) is 17.8. The van der Waals surface area contributed by atoms with Gasteiger partial charge in [-0.25, -0.2) is 4.79 Å². The van der Waals surface area contributed by atoms with Crippen LogP contribution in [0.15, 0.2) is 145 Å². The number of carbonyl (C=O) groups is 1. The number of aliphatic hydroxyl groups is 2. The lowest BCUT2D eigenvalue weighted by Crippen LogP contribution is -2.70. The first-order valence-electron chi connectivity index (χ1n) is 23.8. The maximum atomic E-state index is 14.7. The molecule has 6 unspecified atom stereocenters. The molecule has 68 heavy (non-hydrogen) atoms. The van der Waals surface area contributed by atoms with E-state index in [0.717, 1.165) is 53.2 Å². The highest BCUT2D eigenvalue weighted by Crippen LogP contribution is 2.62. The summed E-state index contributed by atoms with van der Waals surface area (Å²) in [6.45, 7) is 6.74. The van der Waals surface area contributed by atoms with E-state index in [4.69, 9.17) is 28.9 Å². The van der Waals surface area contributed by atoms with Gasteiger partial charge in [-0.15, -0.1) is 6.58 Å². The van der Waals surface area contributed by atoms with Gasteiger partial charge in [0.2, 0.25) is 5.79 Å². The fraction of sp³-hybridized carbons (Fsp3) is 0.382. The number of non-ortho nitro benzene ring substituents is 1. The van der Waals surface area contributed by atoms with E-state index in [-0.39, 0.29) is 62.9 Å². The van der Waals surface area contributed by atoms with Crippen molar-refractivity contribution in [1.82, 2.24) is 4.90 Å². The molecule has 0 bridgehead atoms. The molecule has 0 radical (unpaired) electrons. The van der Waals surface area contributed by atoms with Crippen molar-refractivity contribution in [2.75, 3.05) is 26.4 Å². The third-order valence-electron chi connectivity index (χ3n) is 13.4. The highest BCUT2D eigenvalue weighted by atomic mass is 16.7. The molecular formula is C55H61N3O10. The molecule has 356 valence electrons. The number of rotatable bonds is 22. The summed E-state index contributed by atoms with van der Waals surface area (Å²) in [6.07, 6.45) is 8.64. The van der Waals surface area contributed by atoms with Gasteiger partial charge >= 0.3 is 6.09 Å². The van der Waals surface area contributed by atoms with Gasteiger partial charge in [0.1, 0.15) is 36.5 Å². The first kappa shape index (κ1) is 47.9. The zero-order valence-corrected chi connectivity index (χ0v) is 38.6. The van der Waals surface area contributed by atoms with Gasteiger partial charge in [-0.1, -0.05) is 97.7 Å². The molecule has 6 atom stereocenters. The first-order valence-corrected chi connectivity index (χ1v) is 23.8. The SMILES string of the molecule is C=CCOC12Oc3ccc(Oc4ccc5ccccc5c4)cc3C3C(CCCCO)C(CCCCO)C=C(C(=NOCc4ccc([N+](=O)[O-])cc4)CC1N(CCC)C(=O)OCc1ccccc1)C32. The molecule has 13 heteroatoms. The minimum atomic E-state index is -1.47. The minimum absolute atomic E-state index is 0.00459. The standard InChI is InChI=1S/C55H61N3O10/c1-3-28-57(54(61)64-36-38-14-6-5-7-15-38)51-35-49(56-66-37-39-20-23-43(24-21-39)58(62)63)47-33-42(18-10-12-29-59)46(19-11-13-30-60)52-48-34-45(67-44-25-22-40-16-8-9-17-41(40)32-44)26-27-50(48)68-55(51,53(47)52)65-31-4-2/h4-9,14-17,20-27,32-34,42,46,51-53,59-60H,2-3,10-13,18-19,28-31,35-37H2,1H3. The van der Waals surface area contributed by atoms with Gasteiger partial charge in [-0.05, 0) is 114 Å². The number of fused-ring (bicyclic) bond motifs is 3. The van der Waals surface area contributed by atoms with Crippen molar-refractivity contribution in [3.05, 3.63) is 166 Å². The molecule has 5 aromatic carbocycles. The summed E-state index contributed by atoms with van der Waals surface area (Å²) in [4.78, 5) is 33.6. The molecule has 1 fully saturated rings. The Hall–Kier alpha value is -6.54. The number of ether oxygens (including phenoxy) is 4. The van der Waals surface area contributed by atoms with Gasteiger partial charge in [-0.3, -0.25) is 15.0 Å². The minimum Gasteiger partial charge on any atom is -0.459 e. The second-order valence-electron chi connectivity index (χ2n) is 17.8. The average Bonchev–Trinajstić information content (AvgIpc) is 3.36. The third kappa shape index (κ3) is 10.6. The molecule has 1 saturated carbocycles. The summed E-state index contributed by atoms with van der Waals surface area (Å²) in [5.74, 6) is -0.327. The van der Waals surface area contributed by atoms with E-state index in [2.05, 4.69) is 30.9 Å². The van der Waals surface area contributed by atoms with Crippen molar-refractivity contribution in [3.63, 3.8) is 0 Å². The van der Waals surface area contributed by atoms with Crippen LogP contribution in [-0.2, 0) is 27.5 Å². The van der Waals surface area contributed by atoms with Gasteiger partial charge in [0.15, 0.2) is 0 Å². The Morgan fingerprint density at radius 3 is 2.32 bits per heavy atom. The smallest absolute Gasteiger partial charge is 0.410 e. The Labute approximate surface area is 397 Å². The molecule has 1 amide bonds. The number of hydrogen-bond acceptors (Lipinski definition) is 11.